The van der Waals surface area contributed by atoms with Gasteiger partial charge in [-0.3, -0.25) is 4.90 Å². The van der Waals surface area contributed by atoms with Crippen molar-refractivity contribution >= 4 is 6.29 Å². The molecule has 3 nitrogen and oxygen atoms in total. The summed E-state index contributed by atoms with van der Waals surface area (Å²) in [6, 6.07) is 0.753. The maximum Gasteiger partial charge on any atom is 0.120 e. The number of carbonyl (C=O) groups excluding carboxylic acids is 1. The summed E-state index contributed by atoms with van der Waals surface area (Å²) in [5.41, 5.74) is 0.470. The second-order valence-electron chi connectivity index (χ2n) is 13.0. The summed E-state index contributed by atoms with van der Waals surface area (Å²) >= 11 is 0. The van der Waals surface area contributed by atoms with Crippen molar-refractivity contribution in [2.45, 2.75) is 117 Å². The Morgan fingerprint density at radius 1 is 0.938 bits per heavy atom. The summed E-state index contributed by atoms with van der Waals surface area (Å²) in [7, 11) is 0. The van der Waals surface area contributed by atoms with Gasteiger partial charge in [-0.15, -0.1) is 0 Å². The fourth-order valence-electron chi connectivity index (χ4n) is 8.31. The second-order valence-corrected chi connectivity index (χ2v) is 13.0. The molecule has 4 fully saturated rings. The highest BCUT2D eigenvalue weighted by Gasteiger charge is 2.46. The molecule has 4 aliphatic rings. The minimum atomic E-state index is 0.470. The summed E-state index contributed by atoms with van der Waals surface area (Å²) < 4.78 is 6.03. The first-order valence-electron chi connectivity index (χ1n) is 14.2. The molecule has 0 spiro atoms. The molecular weight excluding hydrogens is 394 g/mol. The van der Waals surface area contributed by atoms with Crippen molar-refractivity contribution in [2.24, 2.45) is 40.9 Å². The Kier molecular flexibility index (Phi) is 8.41. The van der Waals surface area contributed by atoms with E-state index in [1.807, 2.05) is 0 Å². The van der Waals surface area contributed by atoms with Crippen LogP contribution in [-0.2, 0) is 9.53 Å². The quantitative estimate of drug-likeness (QED) is 0.406. The summed E-state index contributed by atoms with van der Waals surface area (Å²) in [4.78, 5) is 14.4. The molecule has 0 N–H and O–H groups in total. The smallest absolute Gasteiger partial charge is 0.120 e. The summed E-state index contributed by atoms with van der Waals surface area (Å²) in [6.45, 7) is 12.8. The molecule has 1 saturated heterocycles. The summed E-state index contributed by atoms with van der Waals surface area (Å²) in [6.07, 6.45) is 17.6. The van der Waals surface area contributed by atoms with E-state index >= 15 is 0 Å². The third-order valence-electron chi connectivity index (χ3n) is 10.1. The molecule has 1 heterocycles. The maximum atomic E-state index is 11.5. The van der Waals surface area contributed by atoms with Crippen LogP contribution in [0, 0.1) is 40.9 Å². The SMILES string of the molecule is CCOC1CCCC(C2CCC3C(C2)C(CC=O)CN3CC2CCC(C(C)(C)C)CC2)C1. The number of likely N-dealkylation sites (tertiary alicyclic amines) is 1. The van der Waals surface area contributed by atoms with Gasteiger partial charge < -0.3 is 9.53 Å². The van der Waals surface area contributed by atoms with Gasteiger partial charge in [-0.1, -0.05) is 27.2 Å². The molecular formula is C29H51NO2. The number of hydrogen-bond donors (Lipinski definition) is 0. The Morgan fingerprint density at radius 2 is 1.69 bits per heavy atom. The van der Waals surface area contributed by atoms with Crippen LogP contribution in [-0.4, -0.2) is 43.0 Å². The molecule has 0 amide bonds. The lowest BCUT2D eigenvalue weighted by Gasteiger charge is -2.43. The zero-order valence-electron chi connectivity index (χ0n) is 21.6. The Morgan fingerprint density at radius 3 is 2.38 bits per heavy atom. The van der Waals surface area contributed by atoms with Gasteiger partial charge in [0.25, 0.3) is 0 Å². The highest BCUT2D eigenvalue weighted by molar-refractivity contribution is 5.50. The van der Waals surface area contributed by atoms with Crippen LogP contribution in [0.2, 0.25) is 0 Å². The molecule has 3 aliphatic carbocycles. The first kappa shape index (κ1) is 24.7. The van der Waals surface area contributed by atoms with Gasteiger partial charge in [-0.25, -0.2) is 0 Å². The van der Waals surface area contributed by atoms with Crippen molar-refractivity contribution in [3.8, 4) is 0 Å². The van der Waals surface area contributed by atoms with Crippen LogP contribution in [0.25, 0.3) is 0 Å². The van der Waals surface area contributed by atoms with Gasteiger partial charge in [-0.05, 0) is 112 Å². The van der Waals surface area contributed by atoms with E-state index in [4.69, 9.17) is 4.74 Å². The predicted molar refractivity (Wildman–Crippen MR) is 133 cm³/mol. The summed E-state index contributed by atoms with van der Waals surface area (Å²) in [5.74, 6) is 4.89. The normalized spacial score (nSPS) is 41.4. The van der Waals surface area contributed by atoms with Crippen molar-refractivity contribution in [3.63, 3.8) is 0 Å². The average molecular weight is 446 g/mol. The van der Waals surface area contributed by atoms with Crippen LogP contribution in [0.1, 0.15) is 105 Å². The standard InChI is InChI=1S/C29H51NO2/c1-5-32-26-8-6-7-22(17-26)23-11-14-28-27(18-23)24(15-16-31)20-30(28)19-21-9-12-25(13-10-21)29(2,3)4/h16,21-28H,5-15,17-20H2,1-4H3. The van der Waals surface area contributed by atoms with Gasteiger partial charge >= 0.3 is 0 Å². The molecule has 3 saturated carbocycles. The van der Waals surface area contributed by atoms with Gasteiger partial charge in [0.05, 0.1) is 6.10 Å². The number of hydrogen-bond acceptors (Lipinski definition) is 3. The van der Waals surface area contributed by atoms with Crippen LogP contribution in [0.15, 0.2) is 0 Å². The van der Waals surface area contributed by atoms with Crippen LogP contribution in [0.3, 0.4) is 0 Å². The Balaban J connectivity index is 1.34. The molecule has 1 aliphatic heterocycles. The van der Waals surface area contributed by atoms with Crippen LogP contribution in [0.4, 0.5) is 0 Å². The lowest BCUT2D eigenvalue weighted by Crippen LogP contribution is -2.42. The molecule has 32 heavy (non-hydrogen) atoms. The largest absolute Gasteiger partial charge is 0.378 e. The summed E-state index contributed by atoms with van der Waals surface area (Å²) in [5, 5.41) is 0. The van der Waals surface area contributed by atoms with E-state index in [0.717, 1.165) is 48.7 Å². The van der Waals surface area contributed by atoms with E-state index in [-0.39, 0.29) is 0 Å². The Labute approximate surface area is 198 Å². The van der Waals surface area contributed by atoms with Gasteiger partial charge in [0.1, 0.15) is 6.29 Å². The Hall–Kier alpha value is -0.410. The molecule has 0 radical (unpaired) electrons. The monoisotopic (exact) mass is 445 g/mol. The molecule has 4 rings (SSSR count). The molecule has 0 aromatic rings. The van der Waals surface area contributed by atoms with Crippen molar-refractivity contribution in [1.29, 1.82) is 0 Å². The van der Waals surface area contributed by atoms with Gasteiger partial charge in [0.15, 0.2) is 0 Å². The van der Waals surface area contributed by atoms with Gasteiger partial charge in [0.2, 0.25) is 0 Å². The van der Waals surface area contributed by atoms with Crippen LogP contribution < -0.4 is 0 Å². The molecule has 0 aromatic heterocycles. The maximum absolute atomic E-state index is 11.5. The molecule has 0 bridgehead atoms. The van der Waals surface area contributed by atoms with Crippen LogP contribution in [0.5, 0.6) is 0 Å². The minimum absolute atomic E-state index is 0.470. The Bertz CT molecular complexity index is 588. The zero-order valence-corrected chi connectivity index (χ0v) is 21.6. The zero-order chi connectivity index (χ0) is 22.7. The second kappa shape index (κ2) is 10.9. The lowest BCUT2D eigenvalue weighted by molar-refractivity contribution is -0.108. The molecule has 0 aromatic carbocycles. The average Bonchev–Trinajstić information content (AvgIpc) is 3.11. The fraction of sp³-hybridized carbons (Fsp3) is 0.966. The van der Waals surface area contributed by atoms with Gasteiger partial charge in [-0.2, -0.15) is 0 Å². The molecule has 3 heteroatoms. The highest BCUT2D eigenvalue weighted by atomic mass is 16.5. The molecule has 6 unspecified atom stereocenters. The van der Waals surface area contributed by atoms with E-state index in [0.29, 0.717) is 17.4 Å². The van der Waals surface area contributed by atoms with Crippen LogP contribution >= 0.6 is 0 Å². The van der Waals surface area contributed by atoms with E-state index in [9.17, 15) is 4.79 Å². The number of fused-ring (bicyclic) bond motifs is 1. The predicted octanol–water partition coefficient (Wildman–Crippen LogP) is 6.74. The van der Waals surface area contributed by atoms with E-state index < -0.39 is 0 Å². The number of rotatable bonds is 7. The van der Waals surface area contributed by atoms with E-state index in [1.54, 1.807) is 0 Å². The molecule has 6 atom stereocenters. The topological polar surface area (TPSA) is 29.5 Å². The third-order valence-corrected chi connectivity index (χ3v) is 10.1. The van der Waals surface area contributed by atoms with Gasteiger partial charge in [0, 0.05) is 32.2 Å². The lowest BCUT2D eigenvalue weighted by atomic mass is 9.66. The number of nitrogens with zero attached hydrogens (tertiary/aromatic N) is 1. The van der Waals surface area contributed by atoms with E-state index in [1.165, 1.54) is 90.0 Å². The van der Waals surface area contributed by atoms with E-state index in [2.05, 4.69) is 32.6 Å². The highest BCUT2D eigenvalue weighted by Crippen LogP contribution is 2.49. The first-order valence-corrected chi connectivity index (χ1v) is 14.2. The van der Waals surface area contributed by atoms with Crippen molar-refractivity contribution in [2.75, 3.05) is 19.7 Å². The fourth-order valence-corrected chi connectivity index (χ4v) is 8.31. The first-order chi connectivity index (χ1) is 15.4. The molecule has 184 valence electrons. The van der Waals surface area contributed by atoms with Crippen molar-refractivity contribution in [3.05, 3.63) is 0 Å². The number of aldehydes is 1. The van der Waals surface area contributed by atoms with Crippen molar-refractivity contribution in [1.82, 2.24) is 4.90 Å². The third kappa shape index (κ3) is 5.80. The number of carbonyl (C=O) groups is 1. The van der Waals surface area contributed by atoms with Crippen molar-refractivity contribution < 1.29 is 9.53 Å². The minimum Gasteiger partial charge on any atom is -0.378 e. The number of ether oxygens (including phenoxy) is 1.